The molecule has 0 aromatic heterocycles. The van der Waals surface area contributed by atoms with Crippen LogP contribution in [0.4, 0.5) is 5.69 Å². The minimum Gasteiger partial charge on any atom is -0.495 e. The summed E-state index contributed by atoms with van der Waals surface area (Å²) >= 11 is 1.89. The highest BCUT2D eigenvalue weighted by molar-refractivity contribution is 7.98. The van der Waals surface area contributed by atoms with E-state index in [9.17, 15) is 0 Å². The quantitative estimate of drug-likeness (QED) is 0.588. The minimum absolute atomic E-state index is 0.706. The second-order valence-electron chi connectivity index (χ2n) is 3.48. The van der Waals surface area contributed by atoms with Crippen LogP contribution in [-0.4, -0.2) is 26.6 Å². The molecule has 0 aliphatic rings. The van der Waals surface area contributed by atoms with Gasteiger partial charge in [-0.2, -0.15) is 11.8 Å². The van der Waals surface area contributed by atoms with Gasteiger partial charge in [0.1, 0.15) is 5.75 Å². The minimum atomic E-state index is 0.706. The predicted molar refractivity (Wildman–Crippen MR) is 70.1 cm³/mol. The number of thioether (sulfide) groups is 1. The van der Waals surface area contributed by atoms with Crippen LogP contribution in [-0.2, 0) is 10.5 Å². The van der Waals surface area contributed by atoms with Gasteiger partial charge in [-0.05, 0) is 29.9 Å². The van der Waals surface area contributed by atoms with Crippen LogP contribution in [0.5, 0.6) is 5.75 Å². The maximum atomic E-state index is 5.83. The van der Waals surface area contributed by atoms with E-state index >= 15 is 0 Å². The van der Waals surface area contributed by atoms with E-state index in [1.54, 1.807) is 14.2 Å². The molecular weight excluding hydrogens is 222 g/mol. The molecule has 1 aromatic rings. The molecule has 0 bridgehead atoms. The molecule has 0 radical (unpaired) electrons. The average Bonchev–Trinajstić information content (AvgIpc) is 2.29. The molecule has 3 nitrogen and oxygen atoms in total. The van der Waals surface area contributed by atoms with E-state index in [0.717, 1.165) is 30.3 Å². The lowest BCUT2D eigenvalue weighted by Crippen LogP contribution is -1.94. The Hall–Kier alpha value is -0.870. The van der Waals surface area contributed by atoms with Gasteiger partial charge in [0.05, 0.1) is 12.8 Å². The summed E-state index contributed by atoms with van der Waals surface area (Å²) < 4.78 is 10.1. The molecule has 0 amide bonds. The average molecular weight is 241 g/mol. The van der Waals surface area contributed by atoms with E-state index in [4.69, 9.17) is 15.2 Å². The highest BCUT2D eigenvalue weighted by Gasteiger charge is 2.00. The summed E-state index contributed by atoms with van der Waals surface area (Å²) in [5.41, 5.74) is 7.77. The van der Waals surface area contributed by atoms with Crippen molar-refractivity contribution < 1.29 is 9.47 Å². The molecule has 4 heteroatoms. The number of nitrogens with two attached hydrogens (primary N) is 1. The fourth-order valence-electron chi connectivity index (χ4n) is 1.37. The maximum Gasteiger partial charge on any atom is 0.141 e. The second kappa shape index (κ2) is 7.41. The Morgan fingerprint density at radius 3 is 2.75 bits per heavy atom. The fraction of sp³-hybridized carbons (Fsp3) is 0.500. The molecule has 0 heterocycles. The second-order valence-corrected chi connectivity index (χ2v) is 4.58. The zero-order chi connectivity index (χ0) is 11.8. The van der Waals surface area contributed by atoms with Crippen molar-refractivity contribution in [3.63, 3.8) is 0 Å². The molecular formula is C12H19NO2S. The van der Waals surface area contributed by atoms with Crippen LogP contribution in [0.2, 0.25) is 0 Å². The number of benzene rings is 1. The molecule has 1 rings (SSSR count). The molecule has 90 valence electrons. The van der Waals surface area contributed by atoms with E-state index in [1.165, 1.54) is 5.56 Å². The first-order chi connectivity index (χ1) is 7.77. The predicted octanol–water partition coefficient (Wildman–Crippen LogP) is 2.55. The molecule has 0 aliphatic heterocycles. The number of nitrogen functional groups attached to an aromatic ring is 1. The Kier molecular flexibility index (Phi) is 6.11. The van der Waals surface area contributed by atoms with E-state index in [-0.39, 0.29) is 0 Å². The lowest BCUT2D eigenvalue weighted by molar-refractivity contribution is 0.200. The molecule has 0 fully saturated rings. The van der Waals surface area contributed by atoms with Crippen LogP contribution in [0.25, 0.3) is 0 Å². The van der Waals surface area contributed by atoms with Crippen LogP contribution < -0.4 is 10.5 Å². The molecule has 0 spiro atoms. The van der Waals surface area contributed by atoms with Gasteiger partial charge in [-0.15, -0.1) is 0 Å². The van der Waals surface area contributed by atoms with Crippen molar-refractivity contribution in [3.05, 3.63) is 23.8 Å². The normalized spacial score (nSPS) is 10.4. The van der Waals surface area contributed by atoms with Crippen molar-refractivity contribution in [2.24, 2.45) is 0 Å². The summed E-state index contributed by atoms with van der Waals surface area (Å²) in [5.74, 6) is 2.84. The van der Waals surface area contributed by atoms with E-state index < -0.39 is 0 Å². The van der Waals surface area contributed by atoms with E-state index in [1.807, 2.05) is 23.9 Å². The van der Waals surface area contributed by atoms with Crippen molar-refractivity contribution in [1.82, 2.24) is 0 Å². The first kappa shape index (κ1) is 13.2. The lowest BCUT2D eigenvalue weighted by Gasteiger charge is -2.07. The first-order valence-electron chi connectivity index (χ1n) is 5.27. The molecule has 0 unspecified atom stereocenters. The Labute approximate surface area is 101 Å². The van der Waals surface area contributed by atoms with Crippen LogP contribution >= 0.6 is 11.8 Å². The number of methoxy groups -OCH3 is 2. The van der Waals surface area contributed by atoms with Gasteiger partial charge in [-0.25, -0.2) is 0 Å². The standard InChI is InChI=1S/C12H19NO2S/c1-14-6-3-7-16-9-10-4-5-12(15-2)11(13)8-10/h4-5,8H,3,6-7,9,13H2,1-2H3. The summed E-state index contributed by atoms with van der Waals surface area (Å²) in [7, 11) is 3.36. The van der Waals surface area contributed by atoms with Gasteiger partial charge in [0.25, 0.3) is 0 Å². The summed E-state index contributed by atoms with van der Waals surface area (Å²) in [4.78, 5) is 0. The number of ether oxygens (including phenoxy) is 2. The molecule has 2 N–H and O–H groups in total. The van der Waals surface area contributed by atoms with Gasteiger partial charge in [0.15, 0.2) is 0 Å². The molecule has 0 aliphatic carbocycles. The smallest absolute Gasteiger partial charge is 0.141 e. The zero-order valence-electron chi connectivity index (χ0n) is 9.86. The fourth-order valence-corrected chi connectivity index (χ4v) is 2.25. The van der Waals surface area contributed by atoms with Gasteiger partial charge < -0.3 is 15.2 Å². The van der Waals surface area contributed by atoms with Crippen LogP contribution in [0.3, 0.4) is 0 Å². The highest BCUT2D eigenvalue weighted by atomic mass is 32.2. The first-order valence-corrected chi connectivity index (χ1v) is 6.42. The Morgan fingerprint density at radius 1 is 1.31 bits per heavy atom. The van der Waals surface area contributed by atoms with E-state index in [2.05, 4.69) is 6.07 Å². The number of rotatable bonds is 7. The molecule has 1 aromatic carbocycles. The number of hydrogen-bond acceptors (Lipinski definition) is 4. The zero-order valence-corrected chi connectivity index (χ0v) is 10.7. The van der Waals surface area contributed by atoms with Gasteiger partial charge >= 0.3 is 0 Å². The van der Waals surface area contributed by atoms with Crippen molar-refractivity contribution in [3.8, 4) is 5.75 Å². The topological polar surface area (TPSA) is 44.5 Å². The summed E-state index contributed by atoms with van der Waals surface area (Å²) in [6.45, 7) is 0.831. The molecule has 0 saturated carbocycles. The molecule has 16 heavy (non-hydrogen) atoms. The van der Waals surface area contributed by atoms with Crippen LogP contribution in [0.1, 0.15) is 12.0 Å². The summed E-state index contributed by atoms with van der Waals surface area (Å²) in [6.07, 6.45) is 1.09. The number of anilines is 1. The van der Waals surface area contributed by atoms with Crippen molar-refractivity contribution in [1.29, 1.82) is 0 Å². The third-order valence-corrected chi connectivity index (χ3v) is 3.31. The summed E-state index contributed by atoms with van der Waals surface area (Å²) in [5, 5.41) is 0. The van der Waals surface area contributed by atoms with Gasteiger partial charge in [-0.3, -0.25) is 0 Å². The van der Waals surface area contributed by atoms with Gasteiger partial charge in [0.2, 0.25) is 0 Å². The third kappa shape index (κ3) is 4.33. The Balaban J connectivity index is 2.34. The largest absolute Gasteiger partial charge is 0.495 e. The van der Waals surface area contributed by atoms with Crippen molar-refractivity contribution >= 4 is 17.4 Å². The van der Waals surface area contributed by atoms with Crippen LogP contribution in [0.15, 0.2) is 18.2 Å². The summed E-state index contributed by atoms with van der Waals surface area (Å²) in [6, 6.07) is 5.95. The highest BCUT2D eigenvalue weighted by Crippen LogP contribution is 2.24. The maximum absolute atomic E-state index is 5.83. The Morgan fingerprint density at radius 2 is 2.12 bits per heavy atom. The SMILES string of the molecule is COCCCSCc1ccc(OC)c(N)c1. The third-order valence-electron chi connectivity index (χ3n) is 2.20. The monoisotopic (exact) mass is 241 g/mol. The molecule has 0 saturated heterocycles. The van der Waals surface area contributed by atoms with Gasteiger partial charge in [0, 0.05) is 19.5 Å². The van der Waals surface area contributed by atoms with Crippen LogP contribution in [0, 0.1) is 0 Å². The van der Waals surface area contributed by atoms with Crippen molar-refractivity contribution in [2.45, 2.75) is 12.2 Å². The van der Waals surface area contributed by atoms with Gasteiger partial charge in [-0.1, -0.05) is 6.07 Å². The van der Waals surface area contributed by atoms with Crippen molar-refractivity contribution in [2.75, 3.05) is 32.3 Å². The lowest BCUT2D eigenvalue weighted by atomic mass is 10.2. The molecule has 0 atom stereocenters. The number of hydrogen-bond donors (Lipinski definition) is 1. The Bertz CT molecular complexity index is 318. The van der Waals surface area contributed by atoms with E-state index in [0.29, 0.717) is 5.69 Å².